The zero-order valence-corrected chi connectivity index (χ0v) is 20.6. The van der Waals surface area contributed by atoms with Crippen molar-refractivity contribution in [2.75, 3.05) is 37.5 Å². The van der Waals surface area contributed by atoms with Crippen LogP contribution in [0.2, 0.25) is 0 Å². The smallest absolute Gasteiger partial charge is 0.175 e. The lowest BCUT2D eigenvalue weighted by atomic mass is 10.1. The summed E-state index contributed by atoms with van der Waals surface area (Å²) < 4.78 is 23.2. The van der Waals surface area contributed by atoms with Crippen molar-refractivity contribution in [2.45, 2.75) is 56.3 Å². The van der Waals surface area contributed by atoms with Crippen molar-refractivity contribution in [3.63, 3.8) is 0 Å². The van der Waals surface area contributed by atoms with Gasteiger partial charge in [-0.05, 0) is 61.1 Å². The summed E-state index contributed by atoms with van der Waals surface area (Å²) in [5.74, 6) is 0. The van der Waals surface area contributed by atoms with Crippen molar-refractivity contribution in [3.05, 3.63) is 59.7 Å². The van der Waals surface area contributed by atoms with E-state index >= 15 is 0 Å². The van der Waals surface area contributed by atoms with E-state index in [1.54, 1.807) is 12.1 Å². The van der Waals surface area contributed by atoms with Crippen LogP contribution in [0.3, 0.4) is 0 Å². The van der Waals surface area contributed by atoms with E-state index in [4.69, 9.17) is 10.2 Å². The normalized spacial score (nSPS) is 11.8. The van der Waals surface area contributed by atoms with Gasteiger partial charge in [0, 0.05) is 38.2 Å². The SMILES string of the molecule is CS(=O)(=O)c1ccc(/C=C/c2ccc(N(CCCCCCO)CCCCCCO)cc2)cc1. The first-order valence-electron chi connectivity index (χ1n) is 12.0. The first-order chi connectivity index (χ1) is 15.9. The third-order valence-electron chi connectivity index (χ3n) is 5.71. The summed E-state index contributed by atoms with van der Waals surface area (Å²) in [7, 11) is -3.17. The van der Waals surface area contributed by atoms with Gasteiger partial charge in [0.05, 0.1) is 4.90 Å². The molecule has 2 rings (SSSR count). The van der Waals surface area contributed by atoms with Gasteiger partial charge < -0.3 is 15.1 Å². The molecule has 0 saturated heterocycles. The van der Waals surface area contributed by atoms with E-state index in [1.807, 2.05) is 24.3 Å². The molecule has 0 amide bonds. The molecule has 2 aromatic rings. The van der Waals surface area contributed by atoms with E-state index in [9.17, 15) is 8.42 Å². The van der Waals surface area contributed by atoms with Crippen molar-refractivity contribution >= 4 is 27.7 Å². The zero-order valence-electron chi connectivity index (χ0n) is 19.8. The highest BCUT2D eigenvalue weighted by Gasteiger charge is 2.07. The topological polar surface area (TPSA) is 77.8 Å². The number of aliphatic hydroxyl groups is 2. The van der Waals surface area contributed by atoms with Crippen LogP contribution in [0.25, 0.3) is 12.2 Å². The van der Waals surface area contributed by atoms with Gasteiger partial charge in [-0.3, -0.25) is 0 Å². The highest BCUT2D eigenvalue weighted by atomic mass is 32.2. The highest BCUT2D eigenvalue weighted by molar-refractivity contribution is 7.90. The Morgan fingerprint density at radius 3 is 1.52 bits per heavy atom. The molecule has 2 aromatic carbocycles. The Kier molecular flexibility index (Phi) is 12.2. The molecule has 33 heavy (non-hydrogen) atoms. The largest absolute Gasteiger partial charge is 0.396 e. The molecule has 0 radical (unpaired) electrons. The van der Waals surface area contributed by atoms with Crippen molar-refractivity contribution < 1.29 is 18.6 Å². The molecular weight excluding hydrogens is 434 g/mol. The summed E-state index contributed by atoms with van der Waals surface area (Å²) in [4.78, 5) is 2.77. The molecule has 2 N–H and O–H groups in total. The highest BCUT2D eigenvalue weighted by Crippen LogP contribution is 2.20. The lowest BCUT2D eigenvalue weighted by Crippen LogP contribution is -2.25. The van der Waals surface area contributed by atoms with Crippen molar-refractivity contribution in [1.82, 2.24) is 0 Å². The first kappa shape index (κ1) is 27.1. The number of hydrogen-bond donors (Lipinski definition) is 2. The maximum absolute atomic E-state index is 11.6. The molecule has 0 aliphatic rings. The van der Waals surface area contributed by atoms with Crippen molar-refractivity contribution in [2.24, 2.45) is 0 Å². The average Bonchev–Trinajstić information content (AvgIpc) is 2.81. The van der Waals surface area contributed by atoms with Crippen LogP contribution in [0.15, 0.2) is 53.4 Å². The number of rotatable bonds is 16. The predicted molar refractivity (Wildman–Crippen MR) is 138 cm³/mol. The van der Waals surface area contributed by atoms with E-state index in [1.165, 1.54) is 11.9 Å². The van der Waals surface area contributed by atoms with Gasteiger partial charge in [-0.2, -0.15) is 0 Å². The van der Waals surface area contributed by atoms with Gasteiger partial charge in [0.1, 0.15) is 0 Å². The molecule has 5 nitrogen and oxygen atoms in total. The number of hydrogen-bond acceptors (Lipinski definition) is 5. The van der Waals surface area contributed by atoms with Gasteiger partial charge in [-0.15, -0.1) is 0 Å². The molecule has 0 aliphatic heterocycles. The minimum Gasteiger partial charge on any atom is -0.396 e. The molecule has 0 fully saturated rings. The van der Waals surface area contributed by atoms with E-state index in [-0.39, 0.29) is 13.2 Å². The van der Waals surface area contributed by atoms with Gasteiger partial charge >= 0.3 is 0 Å². The summed E-state index contributed by atoms with van der Waals surface area (Å²) >= 11 is 0. The molecule has 0 saturated carbocycles. The van der Waals surface area contributed by atoms with Crippen LogP contribution in [0.4, 0.5) is 5.69 Å². The van der Waals surface area contributed by atoms with Gasteiger partial charge in [0.2, 0.25) is 0 Å². The fourth-order valence-corrected chi connectivity index (χ4v) is 4.35. The molecule has 0 spiro atoms. The molecular formula is C27H39NO4S. The van der Waals surface area contributed by atoms with Crippen molar-refractivity contribution in [3.8, 4) is 0 Å². The molecule has 6 heteroatoms. The first-order valence-corrected chi connectivity index (χ1v) is 13.9. The number of nitrogens with zero attached hydrogens (tertiary/aromatic N) is 1. The van der Waals surface area contributed by atoms with E-state index in [2.05, 4.69) is 29.2 Å². The second-order valence-electron chi connectivity index (χ2n) is 8.53. The lowest BCUT2D eigenvalue weighted by molar-refractivity contribution is 0.282. The van der Waals surface area contributed by atoms with Crippen LogP contribution >= 0.6 is 0 Å². The maximum atomic E-state index is 11.6. The second-order valence-corrected chi connectivity index (χ2v) is 10.5. The predicted octanol–water partition coefficient (Wildman–Crippen LogP) is 5.17. The minimum atomic E-state index is -3.17. The Labute approximate surface area is 199 Å². The third kappa shape index (κ3) is 10.5. The Morgan fingerprint density at radius 2 is 1.09 bits per heavy atom. The number of benzene rings is 2. The van der Waals surface area contributed by atoms with E-state index < -0.39 is 9.84 Å². The summed E-state index contributed by atoms with van der Waals surface area (Å²) in [5.41, 5.74) is 3.27. The molecule has 0 bridgehead atoms. The Balaban J connectivity index is 1.97. The number of anilines is 1. The molecule has 0 aromatic heterocycles. The third-order valence-corrected chi connectivity index (χ3v) is 6.84. The van der Waals surface area contributed by atoms with Crippen LogP contribution in [-0.4, -0.2) is 51.2 Å². The lowest BCUT2D eigenvalue weighted by Gasteiger charge is -2.25. The summed E-state index contributed by atoms with van der Waals surface area (Å²) in [6, 6.07) is 15.4. The van der Waals surface area contributed by atoms with E-state index in [0.29, 0.717) is 4.90 Å². The molecule has 0 atom stereocenters. The summed E-state index contributed by atoms with van der Waals surface area (Å²) in [6.45, 7) is 2.55. The average molecular weight is 474 g/mol. The molecule has 0 aliphatic carbocycles. The van der Waals surface area contributed by atoms with Gasteiger partial charge in [-0.25, -0.2) is 8.42 Å². The Morgan fingerprint density at radius 1 is 0.667 bits per heavy atom. The van der Waals surface area contributed by atoms with Gasteiger partial charge in [-0.1, -0.05) is 62.1 Å². The fraction of sp³-hybridized carbons (Fsp3) is 0.481. The fourth-order valence-electron chi connectivity index (χ4n) is 3.72. The maximum Gasteiger partial charge on any atom is 0.175 e. The Hall–Kier alpha value is -2.15. The quantitative estimate of drug-likeness (QED) is 0.260. The van der Waals surface area contributed by atoms with Crippen molar-refractivity contribution in [1.29, 1.82) is 0 Å². The molecule has 0 unspecified atom stereocenters. The zero-order chi connectivity index (χ0) is 23.9. The van der Waals surface area contributed by atoms with Crippen LogP contribution in [0.1, 0.15) is 62.5 Å². The van der Waals surface area contributed by atoms with Crippen LogP contribution in [0.5, 0.6) is 0 Å². The van der Waals surface area contributed by atoms with E-state index in [0.717, 1.165) is 75.6 Å². The molecule has 182 valence electrons. The van der Waals surface area contributed by atoms with Gasteiger partial charge in [0.15, 0.2) is 9.84 Å². The summed E-state index contributed by atoms with van der Waals surface area (Å²) in [5, 5.41) is 17.9. The number of unbranched alkanes of at least 4 members (excludes halogenated alkanes) is 6. The monoisotopic (exact) mass is 473 g/mol. The van der Waals surface area contributed by atoms with Crippen LogP contribution in [0, 0.1) is 0 Å². The van der Waals surface area contributed by atoms with Crippen LogP contribution in [-0.2, 0) is 9.84 Å². The standard InChI is InChI=1S/C27H39NO4S/c1-33(31,32)27-18-14-25(15-19-27)11-10-24-12-16-26(17-13-24)28(20-6-2-4-8-22-29)21-7-3-5-9-23-30/h10-19,29-30H,2-9,20-23H2,1H3/b11-10+. The van der Waals surface area contributed by atoms with Crippen LogP contribution < -0.4 is 4.90 Å². The van der Waals surface area contributed by atoms with Gasteiger partial charge in [0.25, 0.3) is 0 Å². The second kappa shape index (κ2) is 14.9. The number of aliphatic hydroxyl groups excluding tert-OH is 2. The molecule has 0 heterocycles. The Bertz CT molecular complexity index is 908. The number of sulfone groups is 1. The minimum absolute atomic E-state index is 0.269. The summed E-state index contributed by atoms with van der Waals surface area (Å²) in [6.07, 6.45) is 13.6.